The number of fused-ring (bicyclic) bond motifs is 10. The second-order valence-electron chi connectivity index (χ2n) is 13.6. The number of rotatable bonds is 4. The lowest BCUT2D eigenvalue weighted by Gasteiger charge is -2.15. The van der Waals surface area contributed by atoms with Crippen LogP contribution in [0.15, 0.2) is 176 Å². The van der Waals surface area contributed by atoms with Crippen molar-refractivity contribution in [3.05, 3.63) is 176 Å². The van der Waals surface area contributed by atoms with Crippen LogP contribution in [0, 0.1) is 0 Å². The maximum absolute atomic E-state index is 5.16. The lowest BCUT2D eigenvalue weighted by atomic mass is 9.90. The topological polar surface area (TPSA) is 38.7 Å². The maximum atomic E-state index is 5.16. The molecule has 4 heteroatoms. The van der Waals surface area contributed by atoms with Gasteiger partial charge in [-0.05, 0) is 84.5 Å². The van der Waals surface area contributed by atoms with E-state index in [1.807, 2.05) is 47.7 Å². The average molecular weight is 692 g/mol. The van der Waals surface area contributed by atoms with Gasteiger partial charge in [0.25, 0.3) is 0 Å². The summed E-state index contributed by atoms with van der Waals surface area (Å²) in [6, 6.07) is 62.8. The smallest absolute Gasteiger partial charge is 0.164 e. The van der Waals surface area contributed by atoms with E-state index in [1.165, 1.54) is 57.9 Å². The first kappa shape index (κ1) is 29.9. The van der Waals surface area contributed by atoms with Crippen molar-refractivity contribution in [1.29, 1.82) is 0 Å². The molecular weight excluding hydrogens is 663 g/mol. The van der Waals surface area contributed by atoms with Crippen molar-refractivity contribution >= 4 is 74.6 Å². The summed E-state index contributed by atoms with van der Waals surface area (Å²) in [5.74, 6) is 1.95. The van der Waals surface area contributed by atoms with E-state index in [0.29, 0.717) is 17.5 Å². The van der Waals surface area contributed by atoms with Crippen LogP contribution in [-0.4, -0.2) is 15.0 Å². The molecule has 0 bridgehead atoms. The van der Waals surface area contributed by atoms with Crippen molar-refractivity contribution < 1.29 is 0 Å². The van der Waals surface area contributed by atoms with Gasteiger partial charge in [-0.3, -0.25) is 0 Å². The molecule has 0 aliphatic heterocycles. The Morgan fingerprint density at radius 3 is 1.58 bits per heavy atom. The molecule has 53 heavy (non-hydrogen) atoms. The number of hydrogen-bond acceptors (Lipinski definition) is 4. The highest BCUT2D eigenvalue weighted by molar-refractivity contribution is 7.26. The number of benzene rings is 9. The molecule has 11 aromatic rings. The molecule has 0 radical (unpaired) electrons. The zero-order chi connectivity index (χ0) is 34.9. The van der Waals surface area contributed by atoms with Crippen molar-refractivity contribution in [2.75, 3.05) is 0 Å². The lowest BCUT2D eigenvalue weighted by molar-refractivity contribution is 1.07. The van der Waals surface area contributed by atoms with Crippen LogP contribution < -0.4 is 0 Å². The zero-order valence-corrected chi connectivity index (χ0v) is 29.3. The Balaban J connectivity index is 1.17. The molecule has 0 aliphatic rings. The number of nitrogens with zero attached hydrogens (tertiary/aromatic N) is 3. The third-order valence-electron chi connectivity index (χ3n) is 10.5. The minimum atomic E-state index is 0.648. The summed E-state index contributed by atoms with van der Waals surface area (Å²) in [6.07, 6.45) is 0. The molecule has 9 aromatic carbocycles. The second-order valence-corrected chi connectivity index (χ2v) is 14.7. The number of hydrogen-bond donors (Lipinski definition) is 0. The zero-order valence-electron chi connectivity index (χ0n) is 28.5. The van der Waals surface area contributed by atoms with E-state index in [0.717, 1.165) is 33.2 Å². The highest BCUT2D eigenvalue weighted by Gasteiger charge is 2.18. The van der Waals surface area contributed by atoms with Gasteiger partial charge in [-0.1, -0.05) is 146 Å². The molecule has 0 unspecified atom stereocenters. The Morgan fingerprint density at radius 1 is 0.302 bits per heavy atom. The molecule has 246 valence electrons. The van der Waals surface area contributed by atoms with Crippen LogP contribution >= 0.6 is 11.3 Å². The molecule has 3 nitrogen and oxygen atoms in total. The first-order valence-electron chi connectivity index (χ1n) is 17.9. The van der Waals surface area contributed by atoms with Crippen molar-refractivity contribution in [1.82, 2.24) is 15.0 Å². The van der Waals surface area contributed by atoms with Gasteiger partial charge in [0.15, 0.2) is 17.5 Å². The van der Waals surface area contributed by atoms with Crippen LogP contribution in [0.3, 0.4) is 0 Å². The summed E-state index contributed by atoms with van der Waals surface area (Å²) < 4.78 is 2.64. The van der Waals surface area contributed by atoms with Crippen LogP contribution in [0.2, 0.25) is 0 Å². The molecule has 2 heterocycles. The van der Waals surface area contributed by atoms with Gasteiger partial charge in [0.1, 0.15) is 0 Å². The van der Waals surface area contributed by atoms with Crippen LogP contribution in [0.5, 0.6) is 0 Å². The largest absolute Gasteiger partial charge is 0.208 e. The third kappa shape index (κ3) is 4.91. The standard InChI is InChI=1S/C49H29N3S/c1-3-11-32(12-4-1)47-50-48(33-13-5-2-6-14-33)52-49(51-47)41-29-35-16-8-7-15-34(35)28-40(41)37-23-25-38-36(27-37)22-21-30-19-20-31-24-26-43-46(45(31)44(30)38)39-17-9-10-18-42(39)53-43/h1-29H. The van der Waals surface area contributed by atoms with Gasteiger partial charge >= 0.3 is 0 Å². The molecule has 0 saturated heterocycles. The molecule has 2 aromatic heterocycles. The monoisotopic (exact) mass is 691 g/mol. The van der Waals surface area contributed by atoms with Gasteiger partial charge in [-0.25, -0.2) is 15.0 Å². The maximum Gasteiger partial charge on any atom is 0.164 e. The highest BCUT2D eigenvalue weighted by Crippen LogP contribution is 2.44. The van der Waals surface area contributed by atoms with Gasteiger partial charge < -0.3 is 0 Å². The Hall–Kier alpha value is -6.75. The Bertz CT molecular complexity index is 3160. The summed E-state index contributed by atoms with van der Waals surface area (Å²) in [6.45, 7) is 0. The van der Waals surface area contributed by atoms with Crippen LogP contribution in [0.1, 0.15) is 0 Å². The molecule has 0 aliphatic carbocycles. The lowest BCUT2D eigenvalue weighted by Crippen LogP contribution is -2.01. The molecule has 0 amide bonds. The van der Waals surface area contributed by atoms with Gasteiger partial charge in [0, 0.05) is 36.9 Å². The number of aromatic nitrogens is 3. The van der Waals surface area contributed by atoms with E-state index >= 15 is 0 Å². The summed E-state index contributed by atoms with van der Waals surface area (Å²) >= 11 is 1.87. The Kier molecular flexibility index (Phi) is 6.73. The second kappa shape index (κ2) is 11.9. The predicted octanol–water partition coefficient (Wildman–Crippen LogP) is 13.5. The Labute approximate surface area is 309 Å². The van der Waals surface area contributed by atoms with E-state index in [2.05, 4.69) is 140 Å². The average Bonchev–Trinajstić information content (AvgIpc) is 3.62. The number of thiophene rings is 1. The van der Waals surface area contributed by atoms with E-state index in [1.54, 1.807) is 0 Å². The van der Waals surface area contributed by atoms with E-state index in [4.69, 9.17) is 15.0 Å². The van der Waals surface area contributed by atoms with Crippen molar-refractivity contribution in [3.8, 4) is 45.3 Å². The van der Waals surface area contributed by atoms with Gasteiger partial charge in [-0.15, -0.1) is 11.3 Å². The first-order chi connectivity index (χ1) is 26.2. The third-order valence-corrected chi connectivity index (χ3v) is 11.6. The molecule has 0 spiro atoms. The van der Waals surface area contributed by atoms with Gasteiger partial charge in [0.05, 0.1) is 0 Å². The fraction of sp³-hybridized carbons (Fsp3) is 0. The normalized spacial score (nSPS) is 11.8. The fourth-order valence-corrected chi connectivity index (χ4v) is 9.06. The highest BCUT2D eigenvalue weighted by atomic mass is 32.1. The van der Waals surface area contributed by atoms with Crippen LogP contribution in [-0.2, 0) is 0 Å². The fourth-order valence-electron chi connectivity index (χ4n) is 7.95. The van der Waals surface area contributed by atoms with Gasteiger partial charge in [0.2, 0.25) is 0 Å². The minimum Gasteiger partial charge on any atom is -0.208 e. The summed E-state index contributed by atoms with van der Waals surface area (Å²) in [4.78, 5) is 15.3. The van der Waals surface area contributed by atoms with Crippen molar-refractivity contribution in [3.63, 3.8) is 0 Å². The molecule has 0 fully saturated rings. The SMILES string of the molecule is c1ccc(-c2nc(-c3ccccc3)nc(-c3cc4ccccc4cc3-c3ccc4c(ccc5ccc6ccc7sc8ccccc8c7c6c54)c3)n2)cc1. The summed E-state index contributed by atoms with van der Waals surface area (Å²) in [5, 5.41) is 12.6. The molecule has 0 N–H and O–H groups in total. The van der Waals surface area contributed by atoms with E-state index < -0.39 is 0 Å². The van der Waals surface area contributed by atoms with Crippen LogP contribution in [0.4, 0.5) is 0 Å². The van der Waals surface area contributed by atoms with Crippen molar-refractivity contribution in [2.24, 2.45) is 0 Å². The predicted molar refractivity (Wildman–Crippen MR) is 224 cm³/mol. The van der Waals surface area contributed by atoms with E-state index in [9.17, 15) is 0 Å². The molecule has 11 rings (SSSR count). The van der Waals surface area contributed by atoms with Gasteiger partial charge in [-0.2, -0.15) is 0 Å². The summed E-state index contributed by atoms with van der Waals surface area (Å²) in [7, 11) is 0. The molecule has 0 saturated carbocycles. The van der Waals surface area contributed by atoms with Crippen LogP contribution in [0.25, 0.3) is 109 Å². The Morgan fingerprint density at radius 2 is 0.868 bits per heavy atom. The molecule has 0 atom stereocenters. The quantitative estimate of drug-likeness (QED) is 0.172. The first-order valence-corrected chi connectivity index (χ1v) is 18.7. The van der Waals surface area contributed by atoms with E-state index in [-0.39, 0.29) is 0 Å². The molecular formula is C49H29N3S. The summed E-state index contributed by atoms with van der Waals surface area (Å²) in [5.41, 5.74) is 5.07. The van der Waals surface area contributed by atoms with Crippen molar-refractivity contribution in [2.45, 2.75) is 0 Å². The minimum absolute atomic E-state index is 0.648.